The fourth-order valence-electron chi connectivity index (χ4n) is 3.84. The van der Waals surface area contributed by atoms with Crippen LogP contribution in [0.2, 0.25) is 0 Å². The van der Waals surface area contributed by atoms with Gasteiger partial charge in [-0.25, -0.2) is 4.68 Å². The van der Waals surface area contributed by atoms with Crippen molar-refractivity contribution in [3.8, 4) is 11.3 Å². The van der Waals surface area contributed by atoms with Crippen molar-refractivity contribution < 1.29 is 4.79 Å². The maximum absolute atomic E-state index is 13.5. The average molecular weight is 410 g/mol. The Morgan fingerprint density at radius 3 is 2.61 bits per heavy atom. The molecule has 0 saturated heterocycles. The molecule has 2 aromatic heterocycles. The van der Waals surface area contributed by atoms with Crippen molar-refractivity contribution in [2.45, 2.75) is 26.3 Å². The van der Waals surface area contributed by atoms with Crippen molar-refractivity contribution in [1.29, 1.82) is 0 Å². The van der Waals surface area contributed by atoms with Crippen molar-refractivity contribution in [3.63, 3.8) is 0 Å². The summed E-state index contributed by atoms with van der Waals surface area (Å²) in [4.78, 5) is 30.6. The van der Waals surface area contributed by atoms with Crippen molar-refractivity contribution in [2.75, 3.05) is 5.32 Å². The summed E-state index contributed by atoms with van der Waals surface area (Å²) in [6.07, 6.45) is 3.93. The number of anilines is 2. The lowest BCUT2D eigenvalue weighted by molar-refractivity contribution is 0.101. The van der Waals surface area contributed by atoms with Gasteiger partial charge in [-0.05, 0) is 49.9 Å². The lowest BCUT2D eigenvalue weighted by Crippen LogP contribution is -2.29. The Balaban J connectivity index is 1.74. The van der Waals surface area contributed by atoms with Crippen molar-refractivity contribution >= 4 is 28.1 Å². The lowest BCUT2D eigenvalue weighted by atomic mass is 10.0. The molecule has 0 unspecified atom stereocenters. The molecular weight excluding hydrogens is 388 g/mol. The van der Waals surface area contributed by atoms with Crippen molar-refractivity contribution in [2.24, 2.45) is 5.92 Å². The Kier molecular flexibility index (Phi) is 4.82. The second-order valence-electron chi connectivity index (χ2n) is 7.95. The molecule has 1 N–H and O–H groups in total. The van der Waals surface area contributed by atoms with Gasteiger partial charge in [0, 0.05) is 29.4 Å². The highest BCUT2D eigenvalue weighted by Crippen LogP contribution is 2.33. The zero-order valence-electron chi connectivity index (χ0n) is 17.2. The van der Waals surface area contributed by atoms with Gasteiger partial charge in [-0.3, -0.25) is 14.6 Å². The Morgan fingerprint density at radius 2 is 1.87 bits per heavy atom. The smallest absolute Gasteiger partial charge is 0.291 e. The Morgan fingerprint density at radius 1 is 1.06 bits per heavy atom. The highest BCUT2D eigenvalue weighted by Gasteiger charge is 2.27. The maximum atomic E-state index is 13.5. The number of benzene rings is 2. The number of nitrogens with one attached hydrogen (secondary N) is 1. The summed E-state index contributed by atoms with van der Waals surface area (Å²) in [5.74, 6) is 0.259. The minimum absolute atomic E-state index is 0.206. The molecule has 0 aliphatic heterocycles. The van der Waals surface area contributed by atoms with Crippen LogP contribution in [0.3, 0.4) is 0 Å². The molecule has 0 spiro atoms. The summed E-state index contributed by atoms with van der Waals surface area (Å²) in [6.45, 7) is 2.03. The van der Waals surface area contributed by atoms with Crippen LogP contribution in [0, 0.1) is 5.92 Å². The average Bonchev–Trinajstić information content (AvgIpc) is 3.61. The fraction of sp³-hybridized carbons (Fsp3) is 0.200. The molecule has 6 heteroatoms. The predicted molar refractivity (Wildman–Crippen MR) is 122 cm³/mol. The van der Waals surface area contributed by atoms with Crippen LogP contribution in [0.1, 0.15) is 30.1 Å². The van der Waals surface area contributed by atoms with Crippen LogP contribution in [0.5, 0.6) is 0 Å². The number of hydrogen-bond acceptors (Lipinski definition) is 5. The number of rotatable bonds is 6. The van der Waals surface area contributed by atoms with Crippen LogP contribution >= 0.6 is 0 Å². The van der Waals surface area contributed by atoms with Crippen LogP contribution in [-0.2, 0) is 6.54 Å². The van der Waals surface area contributed by atoms with Gasteiger partial charge in [-0.2, -0.15) is 5.10 Å². The van der Waals surface area contributed by atoms with Crippen molar-refractivity contribution in [1.82, 2.24) is 14.8 Å². The number of nitrogens with zero attached hydrogens (tertiary/aromatic N) is 3. The molecule has 1 fully saturated rings. The number of ketones is 1. The van der Waals surface area contributed by atoms with Gasteiger partial charge in [0.15, 0.2) is 5.78 Å². The standard InChI is InChI=1S/C25H22N4O2/c1-16(30)22-23(18-7-3-2-4-8-18)28-29(15-17-12-13-17)25(31)24(22)27-21-11-5-10-20-19(21)9-6-14-26-20/h2-11,14,17,27H,12-13,15H2,1H3. The van der Waals surface area contributed by atoms with Crippen LogP contribution in [-0.4, -0.2) is 20.5 Å². The van der Waals surface area contributed by atoms with Gasteiger partial charge in [0.1, 0.15) is 11.4 Å². The van der Waals surface area contributed by atoms with E-state index < -0.39 is 0 Å². The van der Waals surface area contributed by atoms with E-state index in [1.165, 1.54) is 11.6 Å². The molecule has 0 amide bonds. The molecule has 4 aromatic rings. The molecule has 0 atom stereocenters. The van der Waals surface area contributed by atoms with Gasteiger partial charge in [0.2, 0.25) is 0 Å². The van der Waals surface area contributed by atoms with Gasteiger partial charge in [0.05, 0.1) is 11.1 Å². The van der Waals surface area contributed by atoms with Crippen LogP contribution < -0.4 is 10.9 Å². The third-order valence-corrected chi connectivity index (χ3v) is 5.59. The Hall–Kier alpha value is -3.80. The number of fused-ring (bicyclic) bond motifs is 1. The van der Waals surface area contributed by atoms with Gasteiger partial charge in [-0.15, -0.1) is 0 Å². The highest BCUT2D eigenvalue weighted by molar-refractivity contribution is 6.06. The molecule has 6 nitrogen and oxygen atoms in total. The van der Waals surface area contributed by atoms with Crippen molar-refractivity contribution in [3.05, 3.63) is 82.8 Å². The minimum Gasteiger partial charge on any atom is -0.350 e. The number of hydrogen-bond donors (Lipinski definition) is 1. The molecule has 5 rings (SSSR count). The summed E-state index contributed by atoms with van der Waals surface area (Å²) in [6, 6.07) is 19.0. The van der Waals surface area contributed by atoms with E-state index in [-0.39, 0.29) is 17.0 Å². The molecule has 0 bridgehead atoms. The zero-order chi connectivity index (χ0) is 21.4. The minimum atomic E-state index is -0.280. The van der Waals surface area contributed by atoms with Crippen LogP contribution in [0.15, 0.2) is 71.7 Å². The van der Waals surface area contributed by atoms with E-state index in [0.717, 1.165) is 35.0 Å². The SMILES string of the molecule is CC(=O)c1c(-c2ccccc2)nn(CC2CC2)c(=O)c1Nc1cccc2ncccc12. The van der Waals surface area contributed by atoms with E-state index >= 15 is 0 Å². The topological polar surface area (TPSA) is 76.9 Å². The second-order valence-corrected chi connectivity index (χ2v) is 7.95. The number of carbonyl (C=O) groups is 1. The fourth-order valence-corrected chi connectivity index (χ4v) is 3.84. The molecule has 1 aliphatic rings. The zero-order valence-corrected chi connectivity index (χ0v) is 17.2. The lowest BCUT2D eigenvalue weighted by Gasteiger charge is -2.17. The first-order chi connectivity index (χ1) is 15.1. The molecule has 154 valence electrons. The molecule has 1 aliphatic carbocycles. The third-order valence-electron chi connectivity index (χ3n) is 5.59. The molecular formula is C25H22N4O2. The summed E-state index contributed by atoms with van der Waals surface area (Å²) in [5.41, 5.74) is 3.16. The van der Waals surface area contributed by atoms with E-state index in [1.54, 1.807) is 6.20 Å². The molecule has 2 heterocycles. The first kappa shape index (κ1) is 19.2. The van der Waals surface area contributed by atoms with E-state index in [2.05, 4.69) is 15.4 Å². The Bertz CT molecular complexity index is 1340. The van der Waals surface area contributed by atoms with Crippen LogP contribution in [0.25, 0.3) is 22.2 Å². The van der Waals surface area contributed by atoms with Crippen LogP contribution in [0.4, 0.5) is 11.4 Å². The van der Waals surface area contributed by atoms with Gasteiger partial charge in [0.25, 0.3) is 5.56 Å². The highest BCUT2D eigenvalue weighted by atomic mass is 16.1. The summed E-state index contributed by atoms with van der Waals surface area (Å²) >= 11 is 0. The van der Waals surface area contributed by atoms with Gasteiger partial charge < -0.3 is 5.32 Å². The van der Waals surface area contributed by atoms with E-state index in [4.69, 9.17) is 0 Å². The normalized spacial score (nSPS) is 13.3. The molecule has 2 aromatic carbocycles. The quantitative estimate of drug-likeness (QED) is 0.462. The van der Waals surface area contributed by atoms with E-state index in [0.29, 0.717) is 23.7 Å². The molecule has 0 radical (unpaired) electrons. The predicted octanol–water partition coefficient (Wildman–Crippen LogP) is 4.81. The third kappa shape index (κ3) is 3.72. The molecule has 31 heavy (non-hydrogen) atoms. The summed E-state index contributed by atoms with van der Waals surface area (Å²) in [7, 11) is 0. The number of aromatic nitrogens is 3. The van der Waals surface area contributed by atoms with Gasteiger partial charge in [-0.1, -0.05) is 36.4 Å². The number of pyridine rings is 1. The number of Topliss-reactive ketones (excluding diaryl/α,β-unsaturated/α-hetero) is 1. The largest absolute Gasteiger partial charge is 0.350 e. The van der Waals surface area contributed by atoms with Gasteiger partial charge >= 0.3 is 0 Å². The molecule has 1 saturated carbocycles. The summed E-state index contributed by atoms with van der Waals surface area (Å²) in [5, 5.41) is 8.79. The summed E-state index contributed by atoms with van der Waals surface area (Å²) < 4.78 is 1.51. The second kappa shape index (κ2) is 7.80. The first-order valence-corrected chi connectivity index (χ1v) is 10.4. The Labute approximate surface area is 179 Å². The maximum Gasteiger partial charge on any atom is 0.291 e. The number of carbonyl (C=O) groups excluding carboxylic acids is 1. The van der Waals surface area contributed by atoms with E-state index in [1.807, 2.05) is 60.7 Å². The first-order valence-electron chi connectivity index (χ1n) is 10.4. The van der Waals surface area contributed by atoms with E-state index in [9.17, 15) is 9.59 Å². The monoisotopic (exact) mass is 410 g/mol.